The lowest BCUT2D eigenvalue weighted by atomic mass is 10.1. The summed E-state index contributed by atoms with van der Waals surface area (Å²) in [4.78, 5) is 62.7. The molecule has 2 atom stereocenters. The Balaban J connectivity index is 2.40. The fraction of sp³-hybridized carbons (Fsp3) is 0.878. The van der Waals surface area contributed by atoms with Crippen LogP contribution in [0.4, 0.5) is 0 Å². The Kier molecular flexibility index (Phi) is 34.3. The second-order valence-electron chi connectivity index (χ2n) is 14.6. The number of esters is 1. The third kappa shape index (κ3) is 33.1. The molecule has 0 spiro atoms. The Morgan fingerprint density at radius 3 is 1.91 bits per heavy atom. The van der Waals surface area contributed by atoms with Gasteiger partial charge in [0.25, 0.3) is 0 Å². The van der Waals surface area contributed by atoms with Gasteiger partial charge in [0, 0.05) is 42.0 Å². The van der Waals surface area contributed by atoms with Gasteiger partial charge in [-0.1, -0.05) is 84.0 Å². The van der Waals surface area contributed by atoms with Gasteiger partial charge in [0.15, 0.2) is 0 Å². The zero-order valence-corrected chi connectivity index (χ0v) is 36.5. The lowest BCUT2D eigenvalue weighted by Crippen LogP contribution is -2.48. The number of hydrogen-bond acceptors (Lipinski definition) is 10. The quantitative estimate of drug-likeness (QED) is 0.0349. The zero-order valence-electron chi connectivity index (χ0n) is 34.0. The van der Waals surface area contributed by atoms with Crippen LogP contribution in [-0.4, -0.2) is 118 Å². The van der Waals surface area contributed by atoms with E-state index >= 15 is 0 Å². The molecule has 11 nitrogen and oxygen atoms in total. The molecule has 1 aliphatic heterocycles. The van der Waals surface area contributed by atoms with Crippen LogP contribution in [0.1, 0.15) is 155 Å². The topological polar surface area (TPSA) is 162 Å². The van der Waals surface area contributed by atoms with Crippen LogP contribution < -0.4 is 10.6 Å². The predicted molar refractivity (Wildman–Crippen MR) is 230 cm³/mol. The Labute approximate surface area is 345 Å². The molecule has 14 heteroatoms. The molecule has 1 saturated heterocycles. The van der Waals surface area contributed by atoms with E-state index in [4.69, 9.17) is 14.9 Å². The first-order chi connectivity index (χ1) is 26.7. The second kappa shape index (κ2) is 36.7. The molecule has 0 aliphatic carbocycles. The van der Waals surface area contributed by atoms with Gasteiger partial charge in [-0.05, 0) is 69.5 Å². The van der Waals surface area contributed by atoms with Crippen molar-refractivity contribution in [1.29, 1.82) is 0 Å². The van der Waals surface area contributed by atoms with Gasteiger partial charge >= 0.3 is 17.9 Å². The van der Waals surface area contributed by atoms with Gasteiger partial charge in [-0.2, -0.15) is 35.3 Å². The van der Waals surface area contributed by atoms with Crippen LogP contribution in [0.2, 0.25) is 0 Å². The second-order valence-corrected chi connectivity index (χ2v) is 18.5. The molecule has 0 aromatic carbocycles. The molecule has 2 unspecified atom stereocenters. The normalized spacial score (nSPS) is 14.3. The molecule has 320 valence electrons. The minimum Gasteiger partial charge on any atom is -0.481 e. The number of carboxylic acid groups (broad SMARTS) is 2. The number of nitrogens with zero attached hydrogens (tertiary/aromatic N) is 1. The number of ether oxygens (including phenoxy) is 1. The highest BCUT2D eigenvalue weighted by atomic mass is 32.2. The molecule has 1 heterocycles. The maximum atomic E-state index is 13.2. The van der Waals surface area contributed by atoms with Crippen molar-refractivity contribution < 1.29 is 38.9 Å². The minimum absolute atomic E-state index is 0.0963. The van der Waals surface area contributed by atoms with Crippen molar-refractivity contribution >= 4 is 65.0 Å². The number of carbonyl (C=O) groups excluding carboxylic acids is 3. The van der Waals surface area contributed by atoms with Gasteiger partial charge in [-0.3, -0.25) is 24.0 Å². The van der Waals surface area contributed by atoms with Crippen LogP contribution in [0, 0.1) is 0 Å². The standard InChI is InChI=1S/C41H75N3O8S3/c1-2-3-4-5-6-7-8-9-10-11-17-29-52-40(50)24-33-54-31-21-36(41(51)42-25-28-44-26-15-12-16-27-44)43-37(45)19-14-13-18-35(55-34-23-39(48)49)20-30-53-32-22-38(46)47/h35-36H,2-34H2,1H3,(H,42,51)(H,43,45)(H,46,47)(H,48,49). The highest BCUT2D eigenvalue weighted by molar-refractivity contribution is 8.00. The van der Waals surface area contributed by atoms with Crippen LogP contribution in [0.25, 0.3) is 0 Å². The lowest BCUT2D eigenvalue weighted by Gasteiger charge is -2.26. The molecule has 0 aromatic heterocycles. The van der Waals surface area contributed by atoms with E-state index < -0.39 is 18.0 Å². The van der Waals surface area contributed by atoms with Gasteiger partial charge in [-0.25, -0.2) is 0 Å². The molecule has 1 aliphatic rings. The third-order valence-corrected chi connectivity index (χ3v) is 13.2. The number of thioether (sulfide) groups is 3. The number of hydrogen-bond donors (Lipinski definition) is 4. The Hall–Kier alpha value is -1.64. The molecule has 0 saturated carbocycles. The lowest BCUT2D eigenvalue weighted by molar-refractivity contribution is -0.143. The van der Waals surface area contributed by atoms with E-state index in [9.17, 15) is 24.0 Å². The molecule has 0 aromatic rings. The molecular formula is C41H75N3O8S3. The molecule has 0 radical (unpaired) electrons. The fourth-order valence-corrected chi connectivity index (χ4v) is 9.70. The highest BCUT2D eigenvalue weighted by Crippen LogP contribution is 2.24. The summed E-state index contributed by atoms with van der Waals surface area (Å²) >= 11 is 4.82. The number of carbonyl (C=O) groups is 5. The number of amides is 2. The summed E-state index contributed by atoms with van der Waals surface area (Å²) in [5.41, 5.74) is 0. The molecule has 2 amide bonds. The van der Waals surface area contributed by atoms with E-state index in [1.165, 1.54) is 77.0 Å². The van der Waals surface area contributed by atoms with Gasteiger partial charge in [0.1, 0.15) is 6.04 Å². The van der Waals surface area contributed by atoms with Crippen molar-refractivity contribution in [3.8, 4) is 0 Å². The van der Waals surface area contributed by atoms with Crippen LogP contribution in [0.5, 0.6) is 0 Å². The van der Waals surface area contributed by atoms with E-state index in [1.54, 1.807) is 35.3 Å². The van der Waals surface area contributed by atoms with Crippen LogP contribution in [-0.2, 0) is 28.7 Å². The van der Waals surface area contributed by atoms with Crippen molar-refractivity contribution in [2.45, 2.75) is 166 Å². The first-order valence-corrected chi connectivity index (χ1v) is 24.7. The highest BCUT2D eigenvalue weighted by Gasteiger charge is 2.21. The molecule has 55 heavy (non-hydrogen) atoms. The number of piperidine rings is 1. The van der Waals surface area contributed by atoms with Crippen molar-refractivity contribution in [1.82, 2.24) is 15.5 Å². The monoisotopic (exact) mass is 833 g/mol. The number of nitrogens with one attached hydrogen (secondary N) is 2. The summed E-state index contributed by atoms with van der Waals surface area (Å²) in [6.07, 6.45) is 21.9. The van der Waals surface area contributed by atoms with Crippen LogP contribution in [0.15, 0.2) is 0 Å². The number of rotatable bonds is 38. The van der Waals surface area contributed by atoms with Crippen molar-refractivity contribution in [3.63, 3.8) is 0 Å². The fourth-order valence-electron chi connectivity index (χ4n) is 6.42. The van der Waals surface area contributed by atoms with Crippen molar-refractivity contribution in [2.24, 2.45) is 0 Å². The van der Waals surface area contributed by atoms with Crippen LogP contribution >= 0.6 is 35.3 Å². The van der Waals surface area contributed by atoms with Gasteiger partial charge in [-0.15, -0.1) is 0 Å². The Bertz CT molecular complexity index is 1020. The summed E-state index contributed by atoms with van der Waals surface area (Å²) in [6.45, 7) is 6.17. The van der Waals surface area contributed by atoms with E-state index in [1.807, 2.05) is 0 Å². The van der Waals surface area contributed by atoms with Gasteiger partial charge < -0.3 is 30.5 Å². The molecular weight excluding hydrogens is 759 g/mol. The molecule has 0 bridgehead atoms. The van der Waals surface area contributed by atoms with Gasteiger partial charge in [0.05, 0.1) is 25.9 Å². The van der Waals surface area contributed by atoms with E-state index in [2.05, 4.69) is 22.5 Å². The molecule has 4 N–H and O–H groups in total. The summed E-state index contributed by atoms with van der Waals surface area (Å²) in [6, 6.07) is -0.642. The van der Waals surface area contributed by atoms with E-state index in [0.29, 0.717) is 61.8 Å². The van der Waals surface area contributed by atoms with Gasteiger partial charge in [0.2, 0.25) is 11.8 Å². The summed E-state index contributed by atoms with van der Waals surface area (Å²) < 4.78 is 5.44. The SMILES string of the molecule is CCCCCCCCCCCCCOC(=O)CCSCCC(NC(=O)CCCCC(CCSCCC(=O)O)SCCC(=O)O)C(=O)NCCN1CCCCC1. The van der Waals surface area contributed by atoms with Crippen molar-refractivity contribution in [3.05, 3.63) is 0 Å². The Morgan fingerprint density at radius 2 is 1.25 bits per heavy atom. The summed E-state index contributed by atoms with van der Waals surface area (Å²) in [7, 11) is 0. The Morgan fingerprint density at radius 1 is 0.655 bits per heavy atom. The number of aliphatic carboxylic acids is 2. The predicted octanol–water partition coefficient (Wildman–Crippen LogP) is 8.18. The number of carboxylic acids is 2. The largest absolute Gasteiger partial charge is 0.481 e. The first kappa shape index (κ1) is 51.4. The van der Waals surface area contributed by atoms with E-state index in [0.717, 1.165) is 57.5 Å². The first-order valence-electron chi connectivity index (χ1n) is 21.4. The van der Waals surface area contributed by atoms with Crippen molar-refractivity contribution in [2.75, 3.05) is 61.6 Å². The molecule has 1 rings (SSSR count). The average molecular weight is 834 g/mol. The summed E-state index contributed by atoms with van der Waals surface area (Å²) in [5, 5.41) is 24.2. The number of unbranched alkanes of at least 4 members (excludes halogenated alkanes) is 11. The smallest absolute Gasteiger partial charge is 0.306 e. The maximum Gasteiger partial charge on any atom is 0.306 e. The van der Waals surface area contributed by atoms with E-state index in [-0.39, 0.29) is 35.9 Å². The average Bonchev–Trinajstić information content (AvgIpc) is 3.16. The number of likely N-dealkylation sites (tertiary alicyclic amines) is 1. The van der Waals surface area contributed by atoms with Crippen LogP contribution in [0.3, 0.4) is 0 Å². The molecule has 1 fully saturated rings. The zero-order chi connectivity index (χ0) is 40.2. The minimum atomic E-state index is -0.824. The maximum absolute atomic E-state index is 13.2. The summed E-state index contributed by atoms with van der Waals surface area (Å²) in [5.74, 6) is 0.983. The third-order valence-electron chi connectivity index (χ3n) is 9.73.